The van der Waals surface area contributed by atoms with E-state index in [-0.39, 0.29) is 45.1 Å². The molecule has 4 saturated heterocycles. The second-order valence-corrected chi connectivity index (χ2v) is 15.3. The van der Waals surface area contributed by atoms with Crippen LogP contribution in [0.25, 0.3) is 0 Å². The highest BCUT2D eigenvalue weighted by molar-refractivity contribution is 5.97. The van der Waals surface area contributed by atoms with Crippen molar-refractivity contribution in [2.75, 3.05) is 31.6 Å². The molecule has 4 aliphatic rings. The minimum absolute atomic E-state index is 0.0495. The minimum Gasteiger partial charge on any atom is -0.458 e. The van der Waals surface area contributed by atoms with E-state index < -0.39 is 84.0 Å². The van der Waals surface area contributed by atoms with Crippen molar-refractivity contribution in [1.29, 1.82) is 0 Å². The van der Waals surface area contributed by atoms with Crippen LogP contribution in [-0.4, -0.2) is 130 Å². The smallest absolute Gasteiger partial charge is 0.329 e. The van der Waals surface area contributed by atoms with Gasteiger partial charge in [-0.25, -0.2) is 4.79 Å². The number of piperidine rings is 1. The first-order valence-electron chi connectivity index (χ1n) is 19.4. The maximum absolute atomic E-state index is 14.7. The number of nitrogens with one attached hydrogen (secondary N) is 4. The number of rotatable bonds is 8. The fourth-order valence-electron chi connectivity index (χ4n) is 8.17. The molecule has 0 spiro atoms. The van der Waals surface area contributed by atoms with Gasteiger partial charge in [-0.2, -0.15) is 0 Å². The Balaban J connectivity index is 1.32. The van der Waals surface area contributed by atoms with E-state index in [4.69, 9.17) is 4.74 Å². The van der Waals surface area contributed by atoms with E-state index in [1.807, 2.05) is 67.6 Å². The molecule has 15 heteroatoms. The van der Waals surface area contributed by atoms with E-state index in [9.17, 15) is 33.9 Å². The molecule has 2 aromatic rings. The number of hydrogen-bond donors (Lipinski definition) is 5. The summed E-state index contributed by atoms with van der Waals surface area (Å²) in [5, 5.41) is 23.0. The van der Waals surface area contributed by atoms with Crippen LogP contribution >= 0.6 is 0 Å². The molecule has 0 aliphatic carbocycles. The van der Waals surface area contributed by atoms with Crippen LogP contribution in [0.15, 0.2) is 60.7 Å². The molecule has 296 valence electrons. The first kappa shape index (κ1) is 39.7. The van der Waals surface area contributed by atoms with Crippen LogP contribution in [0.5, 0.6) is 0 Å². The number of para-hydroxylation sites is 1. The number of fused-ring (bicyclic) bond motifs is 3. The van der Waals surface area contributed by atoms with Gasteiger partial charge in [-0.15, -0.1) is 0 Å². The van der Waals surface area contributed by atoms with Crippen LogP contribution < -0.4 is 21.3 Å². The second kappa shape index (κ2) is 17.6. The standard InChI is InChI=1S/C40H53N7O8/c1-24-18-33-40(54)55-26(3)34(44-35(49)30(19-27-12-6-4-7-13-27)42-23-41-28-14-8-5-9-15-28)39(53)47-22-29(48)20-32(47)38(52)45-17-11-10-16-31(45)36(50)43-25(2)37(51)46(33)21-24/h4-9,12-15,24-26,29-34,41-42,48H,10-11,16-23H2,1-3H3,(H,43,50)(H,44,49)/t24-,25+,26+,29-,30+,31+,32+,33+,34+/m1/s1. The third-order valence-electron chi connectivity index (χ3n) is 11.1. The molecule has 9 atom stereocenters. The highest BCUT2D eigenvalue weighted by atomic mass is 16.5. The van der Waals surface area contributed by atoms with Crippen molar-refractivity contribution in [2.45, 2.75) is 108 Å². The lowest BCUT2D eigenvalue weighted by Gasteiger charge is -2.39. The maximum Gasteiger partial charge on any atom is 0.329 e. The number of cyclic esters (lactones) is 1. The molecule has 5 amide bonds. The summed E-state index contributed by atoms with van der Waals surface area (Å²) in [5.74, 6) is -3.53. The van der Waals surface area contributed by atoms with Crippen molar-refractivity contribution in [1.82, 2.24) is 30.7 Å². The van der Waals surface area contributed by atoms with E-state index in [0.717, 1.165) is 11.3 Å². The van der Waals surface area contributed by atoms with Gasteiger partial charge in [-0.3, -0.25) is 29.3 Å². The van der Waals surface area contributed by atoms with Gasteiger partial charge in [0.2, 0.25) is 29.5 Å². The van der Waals surface area contributed by atoms with E-state index in [0.29, 0.717) is 25.7 Å². The van der Waals surface area contributed by atoms with E-state index >= 15 is 0 Å². The van der Waals surface area contributed by atoms with Gasteiger partial charge in [0.25, 0.3) is 0 Å². The highest BCUT2D eigenvalue weighted by Gasteiger charge is 2.49. The lowest BCUT2D eigenvalue weighted by Crippen LogP contribution is -2.63. The Hall–Kier alpha value is -5.02. The van der Waals surface area contributed by atoms with Gasteiger partial charge >= 0.3 is 5.97 Å². The average molecular weight is 760 g/mol. The zero-order valence-corrected chi connectivity index (χ0v) is 31.7. The number of benzene rings is 2. The van der Waals surface area contributed by atoms with Gasteiger partial charge in [-0.1, -0.05) is 55.5 Å². The molecule has 0 saturated carbocycles. The molecular weight excluding hydrogens is 706 g/mol. The topological polar surface area (TPSA) is 190 Å². The van der Waals surface area contributed by atoms with Crippen LogP contribution in [0, 0.1) is 5.92 Å². The largest absolute Gasteiger partial charge is 0.458 e. The Morgan fingerprint density at radius 1 is 0.836 bits per heavy atom. The Morgan fingerprint density at radius 3 is 2.25 bits per heavy atom. The molecule has 0 unspecified atom stereocenters. The fourth-order valence-corrected chi connectivity index (χ4v) is 8.17. The average Bonchev–Trinajstić information content (AvgIpc) is 3.78. The molecule has 2 aromatic carbocycles. The maximum atomic E-state index is 14.7. The first-order valence-corrected chi connectivity index (χ1v) is 19.4. The number of carbonyl (C=O) groups excluding carboxylic acids is 6. The lowest BCUT2D eigenvalue weighted by molar-refractivity contribution is -0.163. The van der Waals surface area contributed by atoms with Gasteiger partial charge in [0.15, 0.2) is 0 Å². The number of amides is 5. The first-order chi connectivity index (χ1) is 26.4. The number of nitrogens with zero attached hydrogens (tertiary/aromatic N) is 3. The van der Waals surface area contributed by atoms with Crippen LogP contribution in [0.1, 0.15) is 58.4 Å². The molecule has 0 bridgehead atoms. The zero-order chi connectivity index (χ0) is 39.2. The number of esters is 1. The molecule has 55 heavy (non-hydrogen) atoms. The van der Waals surface area contributed by atoms with E-state index in [2.05, 4.69) is 21.3 Å². The van der Waals surface area contributed by atoms with Gasteiger partial charge in [0.1, 0.15) is 36.3 Å². The summed E-state index contributed by atoms with van der Waals surface area (Å²) >= 11 is 0. The summed E-state index contributed by atoms with van der Waals surface area (Å²) in [5.41, 5.74) is 1.70. The van der Waals surface area contributed by atoms with Crippen molar-refractivity contribution in [3.63, 3.8) is 0 Å². The number of aliphatic hydroxyl groups excluding tert-OH is 1. The van der Waals surface area contributed by atoms with Crippen molar-refractivity contribution in [2.24, 2.45) is 5.92 Å². The summed E-state index contributed by atoms with van der Waals surface area (Å²) in [6.07, 6.45) is -0.101. The Labute approximate surface area is 321 Å². The number of anilines is 1. The summed E-state index contributed by atoms with van der Waals surface area (Å²) in [7, 11) is 0. The molecule has 4 fully saturated rings. The normalized spacial score (nSPS) is 29.8. The Bertz CT molecular complexity index is 1710. The summed E-state index contributed by atoms with van der Waals surface area (Å²) in [6, 6.07) is 12.5. The van der Waals surface area contributed by atoms with Crippen LogP contribution in [0.4, 0.5) is 5.69 Å². The van der Waals surface area contributed by atoms with Crippen LogP contribution in [-0.2, 0) is 39.9 Å². The molecule has 4 aliphatic heterocycles. The van der Waals surface area contributed by atoms with Crippen molar-refractivity contribution < 1.29 is 38.6 Å². The van der Waals surface area contributed by atoms with Gasteiger partial charge < -0.3 is 40.5 Å². The monoisotopic (exact) mass is 759 g/mol. The van der Waals surface area contributed by atoms with Crippen molar-refractivity contribution >= 4 is 41.2 Å². The molecular formula is C40H53N7O8. The van der Waals surface area contributed by atoms with Gasteiger partial charge in [0, 0.05) is 31.7 Å². The molecule has 0 radical (unpaired) electrons. The minimum atomic E-state index is -1.46. The molecule has 15 nitrogen and oxygen atoms in total. The highest BCUT2D eigenvalue weighted by Crippen LogP contribution is 2.29. The van der Waals surface area contributed by atoms with Crippen molar-refractivity contribution in [3.8, 4) is 0 Å². The number of ether oxygens (including phenoxy) is 1. The van der Waals surface area contributed by atoms with Crippen molar-refractivity contribution in [3.05, 3.63) is 66.2 Å². The third-order valence-corrected chi connectivity index (χ3v) is 11.1. The lowest BCUT2D eigenvalue weighted by atomic mass is 9.98. The predicted molar refractivity (Wildman–Crippen MR) is 202 cm³/mol. The van der Waals surface area contributed by atoms with Crippen LogP contribution in [0.3, 0.4) is 0 Å². The predicted octanol–water partition coefficient (Wildman–Crippen LogP) is 0.772. The molecule has 0 aromatic heterocycles. The molecule has 6 rings (SSSR count). The fraction of sp³-hybridized carbons (Fsp3) is 0.550. The third kappa shape index (κ3) is 9.27. The molecule has 4 heterocycles. The summed E-state index contributed by atoms with van der Waals surface area (Å²) in [4.78, 5) is 88.8. The SMILES string of the molecule is C[C@@H]1C[C@H]2C(=O)O[C@@H](C)[C@H](NC(=O)[C@H](Cc3ccccc3)NCNc3ccccc3)C(=O)N3C[C@H](O)C[C@H]3C(=O)N3CCCC[C@H]3C(=O)N[C@@H](C)C(=O)N2C1. The Morgan fingerprint density at radius 2 is 1.53 bits per heavy atom. The Kier molecular flexibility index (Phi) is 12.7. The van der Waals surface area contributed by atoms with E-state index in [1.165, 1.54) is 21.6 Å². The summed E-state index contributed by atoms with van der Waals surface area (Å²) in [6.45, 7) is 5.50. The van der Waals surface area contributed by atoms with E-state index in [1.54, 1.807) is 6.92 Å². The van der Waals surface area contributed by atoms with Gasteiger partial charge in [-0.05, 0) is 69.6 Å². The van der Waals surface area contributed by atoms with Gasteiger partial charge in [0.05, 0.1) is 18.8 Å². The zero-order valence-electron chi connectivity index (χ0n) is 31.7. The van der Waals surface area contributed by atoms with Crippen LogP contribution in [0.2, 0.25) is 0 Å². The summed E-state index contributed by atoms with van der Waals surface area (Å²) < 4.78 is 5.95. The second-order valence-electron chi connectivity index (χ2n) is 15.3. The number of hydrogen-bond acceptors (Lipinski definition) is 10. The molecule has 5 N–H and O–H groups in total. The number of carbonyl (C=O) groups is 6. The quantitative estimate of drug-likeness (QED) is 0.190. The number of aliphatic hydroxyl groups is 1.